The molecule has 2 aromatic heterocycles. The van der Waals surface area contributed by atoms with Gasteiger partial charge in [0.1, 0.15) is 6.54 Å². The fourth-order valence-electron chi connectivity index (χ4n) is 2.82. The molecule has 0 saturated carbocycles. The summed E-state index contributed by atoms with van der Waals surface area (Å²) in [6.07, 6.45) is 2.91. The zero-order valence-electron chi connectivity index (χ0n) is 15.1. The third-order valence-corrected chi connectivity index (χ3v) is 4.29. The molecular weight excluding hydrogens is 350 g/mol. The van der Waals surface area contributed by atoms with Crippen molar-refractivity contribution in [1.29, 1.82) is 0 Å². The molecule has 3 rings (SSSR count). The molecule has 0 radical (unpaired) electrons. The first-order valence-electron chi connectivity index (χ1n) is 8.76. The number of rotatable bonds is 4. The van der Waals surface area contributed by atoms with Gasteiger partial charge in [-0.25, -0.2) is 9.48 Å². The zero-order chi connectivity index (χ0) is 19.2. The van der Waals surface area contributed by atoms with Crippen molar-refractivity contribution < 1.29 is 14.3 Å². The molecule has 1 saturated heterocycles. The number of amides is 2. The fourth-order valence-corrected chi connectivity index (χ4v) is 2.82. The minimum atomic E-state index is -0.368. The molecule has 0 N–H and O–H groups in total. The van der Waals surface area contributed by atoms with Gasteiger partial charge in [-0.2, -0.15) is 5.10 Å². The van der Waals surface area contributed by atoms with Crippen LogP contribution in [0.3, 0.4) is 0 Å². The summed E-state index contributed by atoms with van der Waals surface area (Å²) < 4.78 is 6.13. The molecule has 27 heavy (non-hydrogen) atoms. The van der Waals surface area contributed by atoms with Crippen molar-refractivity contribution in [2.24, 2.45) is 0 Å². The Kier molecular flexibility index (Phi) is 5.80. The van der Waals surface area contributed by atoms with Gasteiger partial charge in [-0.3, -0.25) is 14.6 Å². The van der Waals surface area contributed by atoms with Gasteiger partial charge in [0.2, 0.25) is 5.91 Å². The Morgan fingerprint density at radius 1 is 1.04 bits per heavy atom. The molecule has 3 heterocycles. The topological polar surface area (TPSA) is 97.6 Å². The van der Waals surface area contributed by atoms with Gasteiger partial charge in [-0.1, -0.05) is 0 Å². The van der Waals surface area contributed by atoms with Crippen LogP contribution in [0.1, 0.15) is 6.92 Å². The van der Waals surface area contributed by atoms with Gasteiger partial charge in [0.25, 0.3) is 5.56 Å². The summed E-state index contributed by atoms with van der Waals surface area (Å²) in [5, 5.41) is 4.29. The number of aromatic nitrogens is 3. The Balaban J connectivity index is 1.65. The van der Waals surface area contributed by atoms with Gasteiger partial charge >= 0.3 is 6.09 Å². The van der Waals surface area contributed by atoms with Crippen molar-refractivity contribution in [2.75, 3.05) is 32.8 Å². The Labute approximate surface area is 156 Å². The first kappa shape index (κ1) is 18.6. The highest BCUT2D eigenvalue weighted by Gasteiger charge is 2.25. The van der Waals surface area contributed by atoms with Crippen LogP contribution in [-0.2, 0) is 16.1 Å². The molecule has 0 unspecified atom stereocenters. The monoisotopic (exact) mass is 371 g/mol. The lowest BCUT2D eigenvalue weighted by Crippen LogP contribution is -2.51. The Bertz CT molecular complexity index is 860. The third-order valence-electron chi connectivity index (χ3n) is 4.29. The van der Waals surface area contributed by atoms with E-state index in [0.29, 0.717) is 38.5 Å². The van der Waals surface area contributed by atoms with E-state index in [1.807, 2.05) is 0 Å². The number of ether oxygens (including phenoxy) is 1. The van der Waals surface area contributed by atoms with Gasteiger partial charge in [-0.15, -0.1) is 0 Å². The standard InChI is InChI=1S/C18H21N5O4/c1-2-27-18(26)22-11-9-21(10-12-22)17(25)13-23-16(24)4-3-15(20-23)14-5-7-19-8-6-14/h3-8H,2,9-13H2,1H3. The smallest absolute Gasteiger partial charge is 0.409 e. The van der Waals surface area contributed by atoms with Gasteiger partial charge in [0.05, 0.1) is 12.3 Å². The minimum Gasteiger partial charge on any atom is -0.450 e. The second kappa shape index (κ2) is 8.43. The lowest BCUT2D eigenvalue weighted by atomic mass is 10.2. The summed E-state index contributed by atoms with van der Waals surface area (Å²) in [6, 6.07) is 6.59. The number of carbonyl (C=O) groups is 2. The summed E-state index contributed by atoms with van der Waals surface area (Å²) in [7, 11) is 0. The van der Waals surface area contributed by atoms with Crippen molar-refractivity contribution in [3.05, 3.63) is 47.0 Å². The van der Waals surface area contributed by atoms with Crippen molar-refractivity contribution in [2.45, 2.75) is 13.5 Å². The number of hydrogen-bond donors (Lipinski definition) is 0. The molecule has 9 heteroatoms. The van der Waals surface area contributed by atoms with Crippen molar-refractivity contribution >= 4 is 12.0 Å². The third kappa shape index (κ3) is 4.49. The van der Waals surface area contributed by atoms with E-state index in [4.69, 9.17) is 4.74 Å². The van der Waals surface area contributed by atoms with Crippen LogP contribution in [0.4, 0.5) is 4.79 Å². The number of carbonyl (C=O) groups excluding carboxylic acids is 2. The van der Waals surface area contributed by atoms with Gasteiger partial charge < -0.3 is 14.5 Å². The lowest BCUT2D eigenvalue weighted by molar-refractivity contribution is -0.133. The van der Waals surface area contributed by atoms with E-state index in [-0.39, 0.29) is 24.1 Å². The van der Waals surface area contributed by atoms with Crippen LogP contribution in [0.2, 0.25) is 0 Å². The van der Waals surface area contributed by atoms with Crippen LogP contribution in [0, 0.1) is 0 Å². The maximum Gasteiger partial charge on any atom is 0.409 e. The first-order chi connectivity index (χ1) is 13.1. The molecule has 0 aliphatic carbocycles. The maximum atomic E-state index is 12.6. The number of hydrogen-bond acceptors (Lipinski definition) is 6. The minimum absolute atomic E-state index is 0.142. The van der Waals surface area contributed by atoms with Crippen molar-refractivity contribution in [1.82, 2.24) is 24.6 Å². The normalized spacial score (nSPS) is 14.1. The van der Waals surface area contributed by atoms with E-state index >= 15 is 0 Å². The molecule has 0 aromatic carbocycles. The SMILES string of the molecule is CCOC(=O)N1CCN(C(=O)Cn2nc(-c3ccncc3)ccc2=O)CC1. The summed E-state index contributed by atoms with van der Waals surface area (Å²) in [5.41, 5.74) is 1.07. The second-order valence-electron chi connectivity index (χ2n) is 6.02. The largest absolute Gasteiger partial charge is 0.450 e. The summed E-state index contributed by atoms with van der Waals surface area (Å²) in [5.74, 6) is -0.208. The van der Waals surface area contributed by atoms with Crippen LogP contribution in [-0.4, -0.2) is 69.4 Å². The molecule has 0 bridgehead atoms. The molecule has 0 spiro atoms. The fraction of sp³-hybridized carbons (Fsp3) is 0.389. The molecule has 2 aromatic rings. The lowest BCUT2D eigenvalue weighted by Gasteiger charge is -2.34. The predicted molar refractivity (Wildman–Crippen MR) is 96.9 cm³/mol. The van der Waals surface area contributed by atoms with Gasteiger partial charge in [-0.05, 0) is 25.1 Å². The van der Waals surface area contributed by atoms with Crippen LogP contribution in [0.5, 0.6) is 0 Å². The maximum absolute atomic E-state index is 12.6. The van der Waals surface area contributed by atoms with Crippen LogP contribution in [0.15, 0.2) is 41.5 Å². The van der Waals surface area contributed by atoms with Gasteiger partial charge in [0.15, 0.2) is 0 Å². The average Bonchev–Trinajstić information content (AvgIpc) is 2.70. The van der Waals surface area contributed by atoms with Crippen LogP contribution in [0.25, 0.3) is 11.3 Å². The van der Waals surface area contributed by atoms with Crippen molar-refractivity contribution in [3.8, 4) is 11.3 Å². The van der Waals surface area contributed by atoms with E-state index in [9.17, 15) is 14.4 Å². The first-order valence-corrected chi connectivity index (χ1v) is 8.76. The van der Waals surface area contributed by atoms with E-state index in [0.717, 1.165) is 10.2 Å². The number of pyridine rings is 1. The van der Waals surface area contributed by atoms with Crippen molar-refractivity contribution in [3.63, 3.8) is 0 Å². The Morgan fingerprint density at radius 2 is 1.70 bits per heavy atom. The molecule has 2 amide bonds. The molecule has 0 atom stereocenters. The molecule has 1 aliphatic heterocycles. The highest BCUT2D eigenvalue weighted by molar-refractivity contribution is 5.76. The predicted octanol–water partition coefficient (Wildman–Crippen LogP) is 0.606. The Morgan fingerprint density at radius 3 is 2.37 bits per heavy atom. The van der Waals surface area contributed by atoms with E-state index in [1.54, 1.807) is 47.3 Å². The number of piperazine rings is 1. The summed E-state index contributed by atoms with van der Waals surface area (Å²) in [4.78, 5) is 43.5. The number of nitrogens with zero attached hydrogens (tertiary/aromatic N) is 5. The summed E-state index contributed by atoms with van der Waals surface area (Å²) >= 11 is 0. The van der Waals surface area contributed by atoms with Gasteiger partial charge in [0, 0.05) is 50.2 Å². The zero-order valence-corrected chi connectivity index (χ0v) is 15.1. The molecular formula is C18H21N5O4. The highest BCUT2D eigenvalue weighted by atomic mass is 16.6. The van der Waals surface area contributed by atoms with E-state index < -0.39 is 0 Å². The molecule has 142 valence electrons. The summed E-state index contributed by atoms with van der Waals surface area (Å²) in [6.45, 7) is 3.54. The quantitative estimate of drug-likeness (QED) is 0.781. The molecule has 1 fully saturated rings. The Hall–Kier alpha value is -3.23. The van der Waals surface area contributed by atoms with Crippen LogP contribution < -0.4 is 5.56 Å². The van der Waals surface area contributed by atoms with E-state index in [2.05, 4.69) is 10.1 Å². The van der Waals surface area contributed by atoms with E-state index in [1.165, 1.54) is 6.07 Å². The average molecular weight is 371 g/mol. The second-order valence-corrected chi connectivity index (χ2v) is 6.02. The molecule has 9 nitrogen and oxygen atoms in total. The molecule has 1 aliphatic rings. The van der Waals surface area contributed by atoms with Crippen LogP contribution >= 0.6 is 0 Å². The highest BCUT2D eigenvalue weighted by Crippen LogP contribution is 2.13.